The normalized spacial score (nSPS) is 11.3. The molecule has 0 aliphatic rings. The number of carbonyl (C=O) groups is 1. The molecule has 0 atom stereocenters. The third-order valence-corrected chi connectivity index (χ3v) is 4.19. The predicted octanol–water partition coefficient (Wildman–Crippen LogP) is 1.62. The highest BCUT2D eigenvalue weighted by Gasteiger charge is 2.19. The van der Waals surface area contributed by atoms with Crippen molar-refractivity contribution in [2.75, 3.05) is 30.8 Å². The number of anilines is 1. The molecule has 1 aromatic carbocycles. The van der Waals surface area contributed by atoms with Crippen molar-refractivity contribution in [3.8, 4) is 5.75 Å². The molecule has 1 N–H and O–H groups in total. The standard InChI is InChI=1S/C15H24N2O4S/c1-12(2)11-16-15(18)8-9-17(22(4,19)20)13-6-5-7-14(10-13)21-3/h5-7,10,12H,8-9,11H2,1-4H3,(H,16,18). The molecule has 0 saturated carbocycles. The second-order valence-corrected chi connectivity index (χ2v) is 7.39. The molecular weight excluding hydrogens is 304 g/mol. The molecule has 0 radical (unpaired) electrons. The maximum atomic E-state index is 12.0. The number of amides is 1. The zero-order valence-electron chi connectivity index (χ0n) is 13.5. The first-order chi connectivity index (χ1) is 10.2. The van der Waals surface area contributed by atoms with E-state index in [1.165, 1.54) is 11.4 Å². The van der Waals surface area contributed by atoms with Crippen LogP contribution in [0.4, 0.5) is 5.69 Å². The molecule has 0 aliphatic heterocycles. The topological polar surface area (TPSA) is 75.7 Å². The molecule has 0 spiro atoms. The summed E-state index contributed by atoms with van der Waals surface area (Å²) in [5, 5.41) is 2.78. The number of hydrogen-bond donors (Lipinski definition) is 1. The fraction of sp³-hybridized carbons (Fsp3) is 0.533. The Balaban J connectivity index is 2.80. The third kappa shape index (κ3) is 5.93. The van der Waals surface area contributed by atoms with Gasteiger partial charge in [-0.2, -0.15) is 0 Å². The van der Waals surface area contributed by atoms with Crippen molar-refractivity contribution < 1.29 is 17.9 Å². The molecule has 6 nitrogen and oxygen atoms in total. The maximum Gasteiger partial charge on any atom is 0.232 e. The van der Waals surface area contributed by atoms with Crippen LogP contribution < -0.4 is 14.4 Å². The largest absolute Gasteiger partial charge is 0.497 e. The van der Waals surface area contributed by atoms with Gasteiger partial charge in [-0.05, 0) is 18.1 Å². The first-order valence-electron chi connectivity index (χ1n) is 7.12. The number of carbonyl (C=O) groups excluding carboxylic acids is 1. The van der Waals surface area contributed by atoms with Crippen molar-refractivity contribution in [1.82, 2.24) is 5.32 Å². The number of nitrogens with zero attached hydrogens (tertiary/aromatic N) is 1. The number of hydrogen-bond acceptors (Lipinski definition) is 4. The lowest BCUT2D eigenvalue weighted by Gasteiger charge is -2.22. The van der Waals surface area contributed by atoms with E-state index in [-0.39, 0.29) is 18.9 Å². The number of methoxy groups -OCH3 is 1. The molecule has 0 aromatic heterocycles. The summed E-state index contributed by atoms with van der Waals surface area (Å²) in [5.74, 6) is 0.758. The van der Waals surface area contributed by atoms with Gasteiger partial charge in [0.1, 0.15) is 5.75 Å². The average molecular weight is 328 g/mol. The van der Waals surface area contributed by atoms with Gasteiger partial charge in [0, 0.05) is 25.6 Å². The number of nitrogens with one attached hydrogen (secondary N) is 1. The van der Waals surface area contributed by atoms with Crippen LogP contribution in [-0.4, -0.2) is 40.8 Å². The summed E-state index contributed by atoms with van der Waals surface area (Å²) in [6.45, 7) is 4.67. The molecule has 1 aromatic rings. The van der Waals surface area contributed by atoms with Crippen LogP contribution in [-0.2, 0) is 14.8 Å². The minimum absolute atomic E-state index is 0.0932. The number of ether oxygens (including phenoxy) is 1. The highest BCUT2D eigenvalue weighted by Crippen LogP contribution is 2.23. The summed E-state index contributed by atoms with van der Waals surface area (Å²) < 4.78 is 30.2. The summed E-state index contributed by atoms with van der Waals surface area (Å²) >= 11 is 0. The molecule has 0 fully saturated rings. The first kappa shape index (κ1) is 18.3. The lowest BCUT2D eigenvalue weighted by atomic mass is 10.2. The van der Waals surface area contributed by atoms with E-state index in [0.29, 0.717) is 23.9 Å². The van der Waals surface area contributed by atoms with Gasteiger partial charge in [-0.25, -0.2) is 8.42 Å². The Kier molecular flexibility index (Phi) is 6.67. The van der Waals surface area contributed by atoms with Gasteiger partial charge < -0.3 is 10.1 Å². The summed E-state index contributed by atoms with van der Waals surface area (Å²) in [5.41, 5.74) is 0.485. The Morgan fingerprint density at radius 2 is 2.05 bits per heavy atom. The molecule has 0 aliphatic carbocycles. The highest BCUT2D eigenvalue weighted by molar-refractivity contribution is 7.92. The van der Waals surface area contributed by atoms with Crippen LogP contribution in [0.2, 0.25) is 0 Å². The quantitative estimate of drug-likeness (QED) is 0.787. The van der Waals surface area contributed by atoms with Gasteiger partial charge in [0.05, 0.1) is 19.1 Å². The van der Waals surface area contributed by atoms with Crippen LogP contribution >= 0.6 is 0 Å². The zero-order chi connectivity index (χ0) is 16.8. The molecule has 1 amide bonds. The SMILES string of the molecule is COc1cccc(N(CCC(=O)NCC(C)C)S(C)(=O)=O)c1. The van der Waals surface area contributed by atoms with Crippen molar-refractivity contribution in [3.63, 3.8) is 0 Å². The van der Waals surface area contributed by atoms with E-state index in [9.17, 15) is 13.2 Å². The van der Waals surface area contributed by atoms with E-state index in [0.717, 1.165) is 6.26 Å². The van der Waals surface area contributed by atoms with Crippen molar-refractivity contribution in [2.45, 2.75) is 20.3 Å². The fourth-order valence-electron chi connectivity index (χ4n) is 1.86. The average Bonchev–Trinajstić information content (AvgIpc) is 2.44. The van der Waals surface area contributed by atoms with Crippen molar-refractivity contribution in [3.05, 3.63) is 24.3 Å². The van der Waals surface area contributed by atoms with Gasteiger partial charge in [0.15, 0.2) is 0 Å². The smallest absolute Gasteiger partial charge is 0.232 e. The second-order valence-electron chi connectivity index (χ2n) is 5.48. The molecule has 0 bridgehead atoms. The molecule has 1 rings (SSSR count). The van der Waals surface area contributed by atoms with Crippen LogP contribution in [0.15, 0.2) is 24.3 Å². The van der Waals surface area contributed by atoms with Crippen LogP contribution in [0.1, 0.15) is 20.3 Å². The zero-order valence-corrected chi connectivity index (χ0v) is 14.3. The van der Waals surface area contributed by atoms with Gasteiger partial charge >= 0.3 is 0 Å². The number of sulfonamides is 1. The van der Waals surface area contributed by atoms with Gasteiger partial charge in [0.25, 0.3) is 0 Å². The van der Waals surface area contributed by atoms with Crippen LogP contribution in [0.5, 0.6) is 5.75 Å². The summed E-state index contributed by atoms with van der Waals surface area (Å²) in [4.78, 5) is 11.8. The molecule has 0 heterocycles. The van der Waals surface area contributed by atoms with Crippen LogP contribution in [0.25, 0.3) is 0 Å². The molecule has 0 unspecified atom stereocenters. The Morgan fingerprint density at radius 1 is 1.36 bits per heavy atom. The van der Waals surface area contributed by atoms with Crippen molar-refractivity contribution in [1.29, 1.82) is 0 Å². The maximum absolute atomic E-state index is 12.0. The molecular formula is C15H24N2O4S. The van der Waals surface area contributed by atoms with Crippen molar-refractivity contribution in [2.24, 2.45) is 5.92 Å². The Hall–Kier alpha value is -1.76. The monoisotopic (exact) mass is 328 g/mol. The summed E-state index contributed by atoms with van der Waals surface area (Å²) in [7, 11) is -1.95. The lowest BCUT2D eigenvalue weighted by molar-refractivity contribution is -0.121. The minimum Gasteiger partial charge on any atom is -0.497 e. The van der Waals surface area contributed by atoms with Gasteiger partial charge in [-0.3, -0.25) is 9.10 Å². The van der Waals surface area contributed by atoms with Crippen LogP contribution in [0.3, 0.4) is 0 Å². The van der Waals surface area contributed by atoms with Gasteiger partial charge in [-0.15, -0.1) is 0 Å². The van der Waals surface area contributed by atoms with Gasteiger partial charge in [0.2, 0.25) is 15.9 Å². The van der Waals surface area contributed by atoms with E-state index in [4.69, 9.17) is 4.74 Å². The highest BCUT2D eigenvalue weighted by atomic mass is 32.2. The lowest BCUT2D eigenvalue weighted by Crippen LogP contribution is -2.35. The van der Waals surface area contributed by atoms with Crippen LogP contribution in [0, 0.1) is 5.92 Å². The Bertz CT molecular complexity index is 599. The number of benzene rings is 1. The second kappa shape index (κ2) is 8.03. The first-order valence-corrected chi connectivity index (χ1v) is 8.97. The van der Waals surface area contributed by atoms with Crippen molar-refractivity contribution >= 4 is 21.6 Å². The number of rotatable bonds is 8. The van der Waals surface area contributed by atoms with E-state index in [2.05, 4.69) is 5.32 Å². The van der Waals surface area contributed by atoms with E-state index < -0.39 is 10.0 Å². The van der Waals surface area contributed by atoms with E-state index >= 15 is 0 Å². The molecule has 22 heavy (non-hydrogen) atoms. The molecule has 7 heteroatoms. The molecule has 124 valence electrons. The third-order valence-electron chi connectivity index (χ3n) is 2.99. The molecule has 0 saturated heterocycles. The van der Waals surface area contributed by atoms with Gasteiger partial charge in [-0.1, -0.05) is 19.9 Å². The summed E-state index contributed by atoms with van der Waals surface area (Å²) in [6, 6.07) is 6.76. The Labute approximate surface area is 132 Å². The van der Waals surface area contributed by atoms with E-state index in [1.807, 2.05) is 13.8 Å². The summed E-state index contributed by atoms with van der Waals surface area (Å²) in [6.07, 6.45) is 1.23. The minimum atomic E-state index is -3.47. The Morgan fingerprint density at radius 3 is 2.59 bits per heavy atom. The predicted molar refractivity (Wildman–Crippen MR) is 87.6 cm³/mol. The van der Waals surface area contributed by atoms with E-state index in [1.54, 1.807) is 24.3 Å². The fourth-order valence-corrected chi connectivity index (χ4v) is 2.78.